The predicted molar refractivity (Wildman–Crippen MR) is 101 cm³/mol. The van der Waals surface area contributed by atoms with Gasteiger partial charge >= 0.3 is 0 Å². The second-order valence-electron chi connectivity index (χ2n) is 6.50. The summed E-state index contributed by atoms with van der Waals surface area (Å²) in [6, 6.07) is 15.6. The minimum absolute atomic E-state index is 0.000349. The number of methoxy groups -OCH3 is 1. The van der Waals surface area contributed by atoms with E-state index in [1.165, 1.54) is 0 Å². The molecule has 1 N–H and O–H groups in total. The van der Waals surface area contributed by atoms with Gasteiger partial charge in [0.1, 0.15) is 6.61 Å². The van der Waals surface area contributed by atoms with Crippen molar-refractivity contribution in [3.8, 4) is 17.2 Å². The number of amides is 1. The van der Waals surface area contributed by atoms with Crippen LogP contribution in [0.15, 0.2) is 60.9 Å². The van der Waals surface area contributed by atoms with Crippen LogP contribution in [0.2, 0.25) is 0 Å². The second kappa shape index (κ2) is 7.53. The van der Waals surface area contributed by atoms with Gasteiger partial charge in [-0.25, -0.2) is 4.68 Å². The molecule has 1 aliphatic rings. The minimum atomic E-state index is -0.201. The van der Waals surface area contributed by atoms with Crippen molar-refractivity contribution < 1.29 is 14.3 Å². The molecule has 3 aromatic rings. The van der Waals surface area contributed by atoms with Crippen molar-refractivity contribution in [1.29, 1.82) is 0 Å². The molecule has 27 heavy (non-hydrogen) atoms. The number of hydrogen-bond donors (Lipinski definition) is 1. The summed E-state index contributed by atoms with van der Waals surface area (Å²) in [7, 11) is 1.62. The second-order valence-corrected chi connectivity index (χ2v) is 6.50. The molecular weight excluding hydrogens is 342 g/mol. The monoisotopic (exact) mass is 363 g/mol. The molecule has 2 aromatic carbocycles. The first-order valence-electron chi connectivity index (χ1n) is 8.90. The summed E-state index contributed by atoms with van der Waals surface area (Å²) in [6.45, 7) is 0.844. The number of benzene rings is 2. The van der Waals surface area contributed by atoms with Gasteiger partial charge in [0.2, 0.25) is 5.91 Å². The van der Waals surface area contributed by atoms with Crippen LogP contribution < -0.4 is 14.8 Å². The Bertz CT molecular complexity index is 920. The molecule has 0 spiro atoms. The molecule has 4 rings (SSSR count). The van der Waals surface area contributed by atoms with E-state index < -0.39 is 0 Å². The van der Waals surface area contributed by atoms with Crippen molar-refractivity contribution in [1.82, 2.24) is 15.1 Å². The molecule has 6 nitrogen and oxygen atoms in total. The van der Waals surface area contributed by atoms with Crippen LogP contribution in [0.5, 0.6) is 11.5 Å². The first-order chi connectivity index (χ1) is 13.2. The fourth-order valence-corrected chi connectivity index (χ4v) is 3.24. The number of para-hydroxylation sites is 1. The third kappa shape index (κ3) is 3.65. The van der Waals surface area contributed by atoms with E-state index in [9.17, 15) is 4.79 Å². The quantitative estimate of drug-likeness (QED) is 0.757. The maximum Gasteiger partial charge on any atom is 0.227 e. The molecule has 0 aliphatic carbocycles. The lowest BCUT2D eigenvalue weighted by Crippen LogP contribution is -2.37. The van der Waals surface area contributed by atoms with Crippen molar-refractivity contribution >= 4 is 5.91 Å². The van der Waals surface area contributed by atoms with Gasteiger partial charge in [-0.3, -0.25) is 4.79 Å². The smallest absolute Gasteiger partial charge is 0.227 e. The Morgan fingerprint density at radius 1 is 1.26 bits per heavy atom. The van der Waals surface area contributed by atoms with E-state index in [0.29, 0.717) is 25.3 Å². The van der Waals surface area contributed by atoms with Gasteiger partial charge < -0.3 is 14.8 Å². The number of nitrogens with one attached hydrogen (secondary N) is 1. The van der Waals surface area contributed by atoms with Gasteiger partial charge in [-0.05, 0) is 41.8 Å². The Hall–Kier alpha value is -3.28. The van der Waals surface area contributed by atoms with Crippen LogP contribution in [0.1, 0.15) is 11.1 Å². The zero-order valence-electron chi connectivity index (χ0n) is 15.1. The molecule has 1 aliphatic heterocycles. The van der Waals surface area contributed by atoms with Crippen LogP contribution in [0.4, 0.5) is 0 Å². The third-order valence-electron chi connectivity index (χ3n) is 4.72. The van der Waals surface area contributed by atoms with Gasteiger partial charge in [0, 0.05) is 18.9 Å². The van der Waals surface area contributed by atoms with Crippen LogP contribution in [-0.4, -0.2) is 29.4 Å². The van der Waals surface area contributed by atoms with Gasteiger partial charge in [0.25, 0.3) is 0 Å². The number of nitrogens with zero attached hydrogens (tertiary/aromatic N) is 2. The first-order valence-corrected chi connectivity index (χ1v) is 8.90. The number of carbonyl (C=O) groups is 1. The van der Waals surface area contributed by atoms with Crippen molar-refractivity contribution in [2.45, 2.75) is 13.0 Å². The van der Waals surface area contributed by atoms with E-state index >= 15 is 0 Å². The average Bonchev–Trinajstić information content (AvgIpc) is 3.26. The summed E-state index contributed by atoms with van der Waals surface area (Å²) in [5.41, 5.74) is 3.03. The van der Waals surface area contributed by atoms with Crippen LogP contribution >= 0.6 is 0 Å². The number of ether oxygens (including phenoxy) is 2. The average molecular weight is 363 g/mol. The van der Waals surface area contributed by atoms with E-state index in [0.717, 1.165) is 22.6 Å². The van der Waals surface area contributed by atoms with Crippen molar-refractivity contribution in [2.24, 2.45) is 5.92 Å². The Balaban J connectivity index is 1.36. The van der Waals surface area contributed by atoms with Gasteiger partial charge in [0.05, 0.1) is 18.7 Å². The van der Waals surface area contributed by atoms with Gasteiger partial charge in [0.15, 0.2) is 11.5 Å². The topological polar surface area (TPSA) is 65.4 Å². The number of hydrogen-bond acceptors (Lipinski definition) is 4. The van der Waals surface area contributed by atoms with E-state index in [-0.39, 0.29) is 11.8 Å². The summed E-state index contributed by atoms with van der Waals surface area (Å²) in [5, 5.41) is 7.22. The molecule has 1 unspecified atom stereocenters. The number of fused-ring (bicyclic) bond motifs is 1. The maximum absolute atomic E-state index is 12.6. The molecule has 1 atom stereocenters. The highest BCUT2D eigenvalue weighted by atomic mass is 16.5. The van der Waals surface area contributed by atoms with Crippen LogP contribution in [0.25, 0.3) is 5.69 Å². The standard InChI is InChI=1S/C21H21N3O3/c1-26-19-5-2-4-16-12-17(14-27-20(16)19)21(25)22-13-15-6-8-18(9-7-15)24-11-3-10-23-24/h2-11,17H,12-14H2,1H3,(H,22,25). The van der Waals surface area contributed by atoms with E-state index in [2.05, 4.69) is 10.4 Å². The van der Waals surface area contributed by atoms with Crippen LogP contribution in [0, 0.1) is 5.92 Å². The van der Waals surface area contributed by atoms with Gasteiger partial charge in [-0.1, -0.05) is 24.3 Å². The molecule has 6 heteroatoms. The summed E-state index contributed by atoms with van der Waals surface area (Å²) in [4.78, 5) is 12.6. The van der Waals surface area contributed by atoms with Crippen molar-refractivity contribution in [3.05, 3.63) is 72.1 Å². The molecule has 0 saturated heterocycles. The van der Waals surface area contributed by atoms with Crippen LogP contribution in [0.3, 0.4) is 0 Å². The summed E-state index contributed by atoms with van der Waals surface area (Å²) < 4.78 is 12.9. The van der Waals surface area contributed by atoms with E-state index in [1.807, 2.05) is 54.7 Å². The predicted octanol–water partition coefficient (Wildman–Crippen LogP) is 2.75. The molecule has 0 saturated carbocycles. The molecule has 1 amide bonds. The number of rotatable bonds is 5. The van der Waals surface area contributed by atoms with Gasteiger partial charge in [-0.2, -0.15) is 5.10 Å². The highest BCUT2D eigenvalue weighted by Crippen LogP contribution is 2.36. The first kappa shape index (κ1) is 17.1. The van der Waals surface area contributed by atoms with E-state index in [4.69, 9.17) is 9.47 Å². The molecular formula is C21H21N3O3. The normalized spacial score (nSPS) is 15.5. The number of carbonyl (C=O) groups excluding carboxylic acids is 1. The summed E-state index contributed by atoms with van der Waals surface area (Å²) in [6.07, 6.45) is 4.29. The molecule has 0 radical (unpaired) electrons. The largest absolute Gasteiger partial charge is 0.493 e. The molecule has 1 aromatic heterocycles. The van der Waals surface area contributed by atoms with Crippen LogP contribution in [-0.2, 0) is 17.8 Å². The van der Waals surface area contributed by atoms with E-state index in [1.54, 1.807) is 18.0 Å². The highest BCUT2D eigenvalue weighted by Gasteiger charge is 2.27. The molecule has 0 fully saturated rings. The fourth-order valence-electron chi connectivity index (χ4n) is 3.24. The Labute approximate surface area is 157 Å². The maximum atomic E-state index is 12.6. The number of aromatic nitrogens is 2. The SMILES string of the molecule is COc1cccc2c1OCC(C(=O)NCc1ccc(-n3cccn3)cc1)C2. The lowest BCUT2D eigenvalue weighted by atomic mass is 9.95. The molecule has 2 heterocycles. The van der Waals surface area contributed by atoms with Crippen molar-refractivity contribution in [2.75, 3.05) is 13.7 Å². The third-order valence-corrected chi connectivity index (χ3v) is 4.72. The lowest BCUT2D eigenvalue weighted by molar-refractivity contribution is -0.126. The highest BCUT2D eigenvalue weighted by molar-refractivity contribution is 5.79. The zero-order valence-corrected chi connectivity index (χ0v) is 15.1. The summed E-state index contributed by atoms with van der Waals surface area (Å²) >= 11 is 0. The zero-order chi connectivity index (χ0) is 18.6. The Morgan fingerprint density at radius 2 is 2.11 bits per heavy atom. The fraction of sp³-hybridized carbons (Fsp3) is 0.238. The minimum Gasteiger partial charge on any atom is -0.493 e. The molecule has 138 valence electrons. The Morgan fingerprint density at radius 3 is 2.85 bits per heavy atom. The Kier molecular flexibility index (Phi) is 4.78. The van der Waals surface area contributed by atoms with Crippen molar-refractivity contribution in [3.63, 3.8) is 0 Å². The lowest BCUT2D eigenvalue weighted by Gasteiger charge is -2.25. The summed E-state index contributed by atoms with van der Waals surface area (Å²) in [5.74, 6) is 1.26. The van der Waals surface area contributed by atoms with Gasteiger partial charge in [-0.15, -0.1) is 0 Å². The molecule has 0 bridgehead atoms.